The zero-order valence-electron chi connectivity index (χ0n) is 11.4. The number of methoxy groups -OCH3 is 2. The summed E-state index contributed by atoms with van der Waals surface area (Å²) in [6.07, 6.45) is 5.78. The number of nitrogens with two attached hydrogens (primary N) is 1. The first-order valence-electron chi connectivity index (χ1n) is 6.65. The van der Waals surface area contributed by atoms with E-state index in [2.05, 4.69) is 6.07 Å². The fraction of sp³-hybridized carbons (Fsp3) is 0.600. The van der Waals surface area contributed by atoms with Crippen LogP contribution in [0, 0.1) is 0 Å². The Kier molecular flexibility index (Phi) is 4.25. The van der Waals surface area contributed by atoms with Gasteiger partial charge in [-0.15, -0.1) is 0 Å². The van der Waals surface area contributed by atoms with E-state index in [9.17, 15) is 0 Å². The Morgan fingerprint density at radius 2 is 1.89 bits per heavy atom. The normalized spacial score (nSPS) is 18.6. The molecule has 18 heavy (non-hydrogen) atoms. The van der Waals surface area contributed by atoms with Crippen molar-refractivity contribution in [2.24, 2.45) is 5.73 Å². The predicted octanol–water partition coefficient (Wildman–Crippen LogP) is 2.96. The van der Waals surface area contributed by atoms with Gasteiger partial charge in [-0.25, -0.2) is 0 Å². The molecule has 0 saturated heterocycles. The second kappa shape index (κ2) is 5.72. The van der Waals surface area contributed by atoms with E-state index in [-0.39, 0.29) is 5.54 Å². The van der Waals surface area contributed by atoms with E-state index < -0.39 is 0 Å². The molecule has 1 aromatic rings. The Morgan fingerprint density at radius 1 is 1.17 bits per heavy atom. The van der Waals surface area contributed by atoms with Gasteiger partial charge in [-0.1, -0.05) is 25.3 Å². The summed E-state index contributed by atoms with van der Waals surface area (Å²) in [5.41, 5.74) is 8.67. The molecule has 1 aliphatic rings. The van der Waals surface area contributed by atoms with Gasteiger partial charge in [0.2, 0.25) is 0 Å². The first-order chi connectivity index (χ1) is 8.69. The van der Waals surface area contributed by atoms with Gasteiger partial charge in [0.1, 0.15) is 5.75 Å². The fourth-order valence-electron chi connectivity index (χ4n) is 2.85. The Labute approximate surface area is 109 Å². The van der Waals surface area contributed by atoms with E-state index in [0.717, 1.165) is 29.7 Å². The van der Waals surface area contributed by atoms with Crippen LogP contribution in [-0.2, 0) is 16.9 Å². The summed E-state index contributed by atoms with van der Waals surface area (Å²) in [7, 11) is 3.42. The Balaban J connectivity index is 2.36. The molecule has 2 rings (SSSR count). The van der Waals surface area contributed by atoms with Crippen LogP contribution in [-0.4, -0.2) is 14.2 Å². The third-order valence-electron chi connectivity index (χ3n) is 3.86. The second-order valence-corrected chi connectivity index (χ2v) is 5.18. The van der Waals surface area contributed by atoms with Crippen LogP contribution in [0.2, 0.25) is 0 Å². The molecular weight excluding hydrogens is 226 g/mol. The molecule has 0 unspecified atom stereocenters. The fourth-order valence-corrected chi connectivity index (χ4v) is 2.85. The highest BCUT2D eigenvalue weighted by Gasteiger charge is 2.32. The summed E-state index contributed by atoms with van der Waals surface area (Å²) >= 11 is 0. The summed E-state index contributed by atoms with van der Waals surface area (Å²) in [5.74, 6) is 0.902. The van der Waals surface area contributed by atoms with Crippen LogP contribution >= 0.6 is 0 Å². The number of hydrogen-bond acceptors (Lipinski definition) is 3. The maximum Gasteiger partial charge on any atom is 0.123 e. The van der Waals surface area contributed by atoms with Gasteiger partial charge in [0.25, 0.3) is 0 Å². The van der Waals surface area contributed by atoms with Crippen molar-refractivity contribution in [3.8, 4) is 5.75 Å². The molecule has 1 saturated carbocycles. The molecule has 0 atom stereocenters. The van der Waals surface area contributed by atoms with E-state index in [4.69, 9.17) is 15.2 Å². The van der Waals surface area contributed by atoms with E-state index in [1.165, 1.54) is 19.3 Å². The maximum absolute atomic E-state index is 6.60. The lowest BCUT2D eigenvalue weighted by Gasteiger charge is -2.35. The van der Waals surface area contributed by atoms with Crippen LogP contribution < -0.4 is 10.5 Å². The molecule has 2 N–H and O–H groups in total. The smallest absolute Gasteiger partial charge is 0.123 e. The van der Waals surface area contributed by atoms with Gasteiger partial charge in [-0.2, -0.15) is 0 Å². The quantitative estimate of drug-likeness (QED) is 0.892. The van der Waals surface area contributed by atoms with Gasteiger partial charge in [-0.3, -0.25) is 0 Å². The Morgan fingerprint density at radius 3 is 2.50 bits per heavy atom. The van der Waals surface area contributed by atoms with Gasteiger partial charge < -0.3 is 15.2 Å². The molecule has 0 aromatic heterocycles. The van der Waals surface area contributed by atoms with Crippen molar-refractivity contribution in [1.82, 2.24) is 0 Å². The van der Waals surface area contributed by atoms with Crippen LogP contribution in [0.25, 0.3) is 0 Å². The zero-order valence-corrected chi connectivity index (χ0v) is 11.4. The highest BCUT2D eigenvalue weighted by Crippen LogP contribution is 2.39. The third-order valence-corrected chi connectivity index (χ3v) is 3.86. The van der Waals surface area contributed by atoms with Crippen LogP contribution in [0.5, 0.6) is 5.75 Å². The minimum absolute atomic E-state index is 0.229. The summed E-state index contributed by atoms with van der Waals surface area (Å²) in [6, 6.07) is 6.19. The monoisotopic (exact) mass is 249 g/mol. The summed E-state index contributed by atoms with van der Waals surface area (Å²) in [6.45, 7) is 0.618. The van der Waals surface area contributed by atoms with E-state index in [1.807, 2.05) is 12.1 Å². The van der Waals surface area contributed by atoms with Crippen molar-refractivity contribution in [3.05, 3.63) is 29.3 Å². The average molecular weight is 249 g/mol. The molecule has 3 heteroatoms. The molecule has 0 aliphatic heterocycles. The van der Waals surface area contributed by atoms with Gasteiger partial charge in [0.15, 0.2) is 0 Å². The second-order valence-electron chi connectivity index (χ2n) is 5.18. The summed E-state index contributed by atoms with van der Waals surface area (Å²) in [4.78, 5) is 0. The number of benzene rings is 1. The standard InChI is InChI=1S/C15H23NO2/c1-17-11-12-6-7-14(18-2)13(10-12)15(16)8-4-3-5-9-15/h6-7,10H,3-5,8-9,11,16H2,1-2H3. The first-order valence-corrected chi connectivity index (χ1v) is 6.65. The van der Waals surface area contributed by atoms with Crippen molar-refractivity contribution < 1.29 is 9.47 Å². The van der Waals surface area contributed by atoms with Gasteiger partial charge >= 0.3 is 0 Å². The average Bonchev–Trinajstić information content (AvgIpc) is 2.40. The van der Waals surface area contributed by atoms with Gasteiger partial charge in [0, 0.05) is 18.2 Å². The molecule has 0 amide bonds. The summed E-state index contributed by atoms with van der Waals surface area (Å²) in [5, 5.41) is 0. The molecule has 1 aliphatic carbocycles. The molecule has 100 valence electrons. The molecule has 0 bridgehead atoms. The van der Waals surface area contributed by atoms with Crippen molar-refractivity contribution in [3.63, 3.8) is 0 Å². The Hall–Kier alpha value is -1.06. The van der Waals surface area contributed by atoms with Crippen molar-refractivity contribution in [2.45, 2.75) is 44.2 Å². The topological polar surface area (TPSA) is 44.5 Å². The molecule has 3 nitrogen and oxygen atoms in total. The largest absolute Gasteiger partial charge is 0.496 e. The van der Waals surface area contributed by atoms with Crippen LogP contribution in [0.3, 0.4) is 0 Å². The van der Waals surface area contributed by atoms with Crippen LogP contribution in [0.15, 0.2) is 18.2 Å². The minimum Gasteiger partial charge on any atom is -0.496 e. The third kappa shape index (κ3) is 2.68. The molecule has 1 aromatic carbocycles. The van der Waals surface area contributed by atoms with E-state index in [0.29, 0.717) is 6.61 Å². The number of rotatable bonds is 4. The lowest BCUT2D eigenvalue weighted by molar-refractivity contribution is 0.184. The van der Waals surface area contributed by atoms with E-state index >= 15 is 0 Å². The van der Waals surface area contributed by atoms with Crippen molar-refractivity contribution >= 4 is 0 Å². The van der Waals surface area contributed by atoms with Crippen molar-refractivity contribution in [1.29, 1.82) is 0 Å². The molecule has 0 radical (unpaired) electrons. The minimum atomic E-state index is -0.229. The molecule has 0 spiro atoms. The summed E-state index contributed by atoms with van der Waals surface area (Å²) < 4.78 is 10.7. The number of hydrogen-bond donors (Lipinski definition) is 1. The van der Waals surface area contributed by atoms with Crippen molar-refractivity contribution in [2.75, 3.05) is 14.2 Å². The van der Waals surface area contributed by atoms with Crippen LogP contribution in [0.4, 0.5) is 0 Å². The highest BCUT2D eigenvalue weighted by molar-refractivity contribution is 5.42. The molecule has 1 fully saturated rings. The maximum atomic E-state index is 6.60. The first kappa shape index (κ1) is 13.4. The van der Waals surface area contributed by atoms with Gasteiger partial charge in [0.05, 0.1) is 13.7 Å². The zero-order chi connectivity index (χ0) is 13.0. The van der Waals surface area contributed by atoms with Crippen LogP contribution in [0.1, 0.15) is 43.2 Å². The highest BCUT2D eigenvalue weighted by atomic mass is 16.5. The van der Waals surface area contributed by atoms with Gasteiger partial charge in [-0.05, 0) is 30.5 Å². The lowest BCUT2D eigenvalue weighted by atomic mass is 9.76. The van der Waals surface area contributed by atoms with E-state index in [1.54, 1.807) is 14.2 Å². The Bertz CT molecular complexity index is 397. The lowest BCUT2D eigenvalue weighted by Crippen LogP contribution is -2.39. The predicted molar refractivity (Wildman–Crippen MR) is 72.7 cm³/mol. The number of ether oxygens (including phenoxy) is 2. The molecule has 0 heterocycles. The molecular formula is C15H23NO2. The SMILES string of the molecule is COCc1ccc(OC)c(C2(N)CCCCC2)c1.